The monoisotopic (exact) mass is 292 g/mol. The van der Waals surface area contributed by atoms with Crippen LogP contribution in [-0.4, -0.2) is 39.6 Å². The summed E-state index contributed by atoms with van der Waals surface area (Å²) in [7, 11) is 3.47. The molecule has 0 radical (unpaired) electrons. The third-order valence-corrected chi connectivity index (χ3v) is 2.90. The second-order valence-corrected chi connectivity index (χ2v) is 4.70. The molecule has 8 nitrogen and oxygen atoms in total. The van der Waals surface area contributed by atoms with Crippen LogP contribution >= 0.6 is 0 Å². The zero-order valence-electron chi connectivity index (χ0n) is 12.4. The average molecular weight is 292 g/mol. The molecule has 0 aliphatic carbocycles. The molecule has 0 aromatic carbocycles. The van der Waals surface area contributed by atoms with Crippen LogP contribution in [0.5, 0.6) is 0 Å². The van der Waals surface area contributed by atoms with E-state index in [0.29, 0.717) is 19.0 Å². The zero-order chi connectivity index (χ0) is 15.2. The van der Waals surface area contributed by atoms with Crippen molar-refractivity contribution in [1.29, 1.82) is 0 Å². The molecule has 1 atom stereocenters. The molecule has 2 rings (SSSR count). The summed E-state index contributed by atoms with van der Waals surface area (Å²) in [6.07, 6.45) is 2.77. The van der Waals surface area contributed by atoms with Gasteiger partial charge in [0, 0.05) is 38.5 Å². The number of hydrogen-bond donors (Lipinski definition) is 3. The molecule has 2 aromatic rings. The molecular weight excluding hydrogens is 272 g/mol. The lowest BCUT2D eigenvalue weighted by atomic mass is 10.2. The Hall–Kier alpha value is -2.35. The number of aryl methyl sites for hydroxylation is 2. The number of aliphatic hydroxyl groups excluding tert-OH is 1. The van der Waals surface area contributed by atoms with Crippen molar-refractivity contribution in [2.75, 3.05) is 13.6 Å². The van der Waals surface area contributed by atoms with Gasteiger partial charge in [-0.05, 0) is 6.92 Å². The van der Waals surface area contributed by atoms with Gasteiger partial charge >= 0.3 is 0 Å². The number of aliphatic hydroxyl groups is 1. The van der Waals surface area contributed by atoms with E-state index in [2.05, 4.69) is 25.9 Å². The highest BCUT2D eigenvalue weighted by Crippen LogP contribution is 2.09. The molecule has 21 heavy (non-hydrogen) atoms. The number of aliphatic imine (C=N–C) groups is 1. The quantitative estimate of drug-likeness (QED) is 0.534. The molecule has 0 aliphatic heterocycles. The lowest BCUT2D eigenvalue weighted by Gasteiger charge is -2.13. The molecule has 3 N–H and O–H groups in total. The van der Waals surface area contributed by atoms with E-state index in [9.17, 15) is 5.11 Å². The van der Waals surface area contributed by atoms with Gasteiger partial charge in [0.15, 0.2) is 11.7 Å². The predicted molar refractivity (Wildman–Crippen MR) is 77.6 cm³/mol. The Balaban J connectivity index is 1.80. The fourth-order valence-electron chi connectivity index (χ4n) is 1.81. The van der Waals surface area contributed by atoms with E-state index in [0.717, 1.165) is 17.0 Å². The maximum absolute atomic E-state index is 10.0. The number of nitrogens with one attached hydrogen (secondary N) is 2. The van der Waals surface area contributed by atoms with Gasteiger partial charge in [-0.2, -0.15) is 5.10 Å². The first kappa shape index (κ1) is 15.0. The van der Waals surface area contributed by atoms with E-state index in [-0.39, 0.29) is 0 Å². The minimum atomic E-state index is -0.648. The smallest absolute Gasteiger partial charge is 0.191 e. The summed E-state index contributed by atoms with van der Waals surface area (Å²) in [5.74, 6) is 1.30. The molecule has 0 bridgehead atoms. The topological polar surface area (TPSA) is 100 Å². The highest BCUT2D eigenvalue weighted by molar-refractivity contribution is 5.79. The van der Waals surface area contributed by atoms with Gasteiger partial charge in [0.25, 0.3) is 0 Å². The first-order valence-electron chi connectivity index (χ1n) is 6.62. The molecule has 0 saturated heterocycles. The first-order chi connectivity index (χ1) is 10.1. The fraction of sp³-hybridized carbons (Fsp3) is 0.462. The van der Waals surface area contributed by atoms with E-state index in [1.165, 1.54) is 0 Å². The maximum atomic E-state index is 10.0. The molecule has 0 spiro atoms. The molecule has 1 unspecified atom stereocenters. The largest absolute Gasteiger partial charge is 0.386 e. The lowest BCUT2D eigenvalue weighted by molar-refractivity contribution is 0.180. The molecule has 0 saturated carbocycles. The SMILES string of the molecule is CN=C(NCc1cc(C)no1)NCC(O)c1cnn(C)c1. The van der Waals surface area contributed by atoms with Gasteiger partial charge in [-0.3, -0.25) is 9.67 Å². The summed E-state index contributed by atoms with van der Waals surface area (Å²) in [4.78, 5) is 4.08. The zero-order valence-corrected chi connectivity index (χ0v) is 12.4. The number of rotatable bonds is 5. The van der Waals surface area contributed by atoms with Crippen LogP contribution in [0.25, 0.3) is 0 Å². The van der Waals surface area contributed by atoms with Crippen molar-refractivity contribution in [3.63, 3.8) is 0 Å². The Morgan fingerprint density at radius 1 is 1.52 bits per heavy atom. The van der Waals surface area contributed by atoms with E-state index < -0.39 is 6.10 Å². The molecule has 2 aromatic heterocycles. The second kappa shape index (κ2) is 6.89. The van der Waals surface area contributed by atoms with Crippen molar-refractivity contribution in [2.45, 2.75) is 19.6 Å². The van der Waals surface area contributed by atoms with Crippen molar-refractivity contribution in [3.8, 4) is 0 Å². The normalized spacial score (nSPS) is 13.2. The van der Waals surface area contributed by atoms with Crippen LogP contribution in [0, 0.1) is 6.92 Å². The van der Waals surface area contributed by atoms with Gasteiger partial charge in [0.1, 0.15) is 0 Å². The fourth-order valence-corrected chi connectivity index (χ4v) is 1.81. The van der Waals surface area contributed by atoms with Crippen LogP contribution < -0.4 is 10.6 Å². The van der Waals surface area contributed by atoms with Crippen molar-refractivity contribution < 1.29 is 9.63 Å². The van der Waals surface area contributed by atoms with Crippen LogP contribution in [-0.2, 0) is 13.6 Å². The summed E-state index contributed by atoms with van der Waals surface area (Å²) in [6.45, 7) is 2.68. The summed E-state index contributed by atoms with van der Waals surface area (Å²) in [6, 6.07) is 1.85. The molecule has 0 fully saturated rings. The summed E-state index contributed by atoms with van der Waals surface area (Å²) >= 11 is 0. The van der Waals surface area contributed by atoms with Crippen LogP contribution in [0.1, 0.15) is 23.1 Å². The number of hydrogen-bond acceptors (Lipinski definition) is 5. The van der Waals surface area contributed by atoms with Gasteiger partial charge in [-0.1, -0.05) is 5.16 Å². The van der Waals surface area contributed by atoms with Crippen LogP contribution in [0.2, 0.25) is 0 Å². The van der Waals surface area contributed by atoms with Crippen LogP contribution in [0.4, 0.5) is 0 Å². The van der Waals surface area contributed by atoms with E-state index in [1.54, 1.807) is 24.1 Å². The first-order valence-corrected chi connectivity index (χ1v) is 6.62. The van der Waals surface area contributed by atoms with Gasteiger partial charge in [-0.25, -0.2) is 0 Å². The predicted octanol–water partition coefficient (Wildman–Crippen LogP) is 0.115. The van der Waals surface area contributed by atoms with Gasteiger partial charge in [0.2, 0.25) is 0 Å². The Bertz CT molecular complexity index is 603. The van der Waals surface area contributed by atoms with Crippen molar-refractivity contribution >= 4 is 5.96 Å². The Morgan fingerprint density at radius 3 is 2.90 bits per heavy atom. The molecule has 2 heterocycles. The van der Waals surface area contributed by atoms with Gasteiger partial charge < -0.3 is 20.3 Å². The highest BCUT2D eigenvalue weighted by atomic mass is 16.5. The third-order valence-electron chi connectivity index (χ3n) is 2.90. The highest BCUT2D eigenvalue weighted by Gasteiger charge is 2.10. The number of guanidine groups is 1. The molecule has 114 valence electrons. The summed E-state index contributed by atoms with van der Waals surface area (Å²) in [5.41, 5.74) is 1.59. The molecule has 0 amide bonds. The van der Waals surface area contributed by atoms with Crippen molar-refractivity contribution in [3.05, 3.63) is 35.5 Å². The van der Waals surface area contributed by atoms with Crippen LogP contribution in [0.3, 0.4) is 0 Å². The van der Waals surface area contributed by atoms with Crippen molar-refractivity contribution in [2.24, 2.45) is 12.0 Å². The lowest BCUT2D eigenvalue weighted by Crippen LogP contribution is -2.38. The minimum Gasteiger partial charge on any atom is -0.386 e. The Morgan fingerprint density at radius 2 is 2.33 bits per heavy atom. The summed E-state index contributed by atoms with van der Waals surface area (Å²) in [5, 5.41) is 24.0. The molecule has 0 aliphatic rings. The molecular formula is C13H20N6O2. The second-order valence-electron chi connectivity index (χ2n) is 4.70. The van der Waals surface area contributed by atoms with Crippen molar-refractivity contribution in [1.82, 2.24) is 25.6 Å². The molecule has 8 heteroatoms. The average Bonchev–Trinajstić information content (AvgIpc) is 3.07. The van der Waals surface area contributed by atoms with E-state index in [4.69, 9.17) is 4.52 Å². The number of aromatic nitrogens is 3. The maximum Gasteiger partial charge on any atom is 0.191 e. The minimum absolute atomic E-state index is 0.334. The Labute approximate surface area is 122 Å². The standard InChI is InChI=1S/C13H20N6O2/c1-9-4-11(21-18-9)6-15-13(14-2)16-7-12(20)10-5-17-19(3)8-10/h4-5,8,12,20H,6-7H2,1-3H3,(H2,14,15,16). The summed E-state index contributed by atoms with van der Waals surface area (Å²) < 4.78 is 6.75. The van der Waals surface area contributed by atoms with Crippen LogP contribution in [0.15, 0.2) is 28.0 Å². The van der Waals surface area contributed by atoms with E-state index >= 15 is 0 Å². The number of nitrogens with zero attached hydrogens (tertiary/aromatic N) is 4. The van der Waals surface area contributed by atoms with E-state index in [1.807, 2.05) is 20.0 Å². The van der Waals surface area contributed by atoms with Gasteiger partial charge in [0.05, 0.1) is 24.5 Å². The van der Waals surface area contributed by atoms with Gasteiger partial charge in [-0.15, -0.1) is 0 Å². The third kappa shape index (κ3) is 4.32. The Kier molecular flexibility index (Phi) is 4.94.